The van der Waals surface area contributed by atoms with Gasteiger partial charge in [-0.3, -0.25) is 9.78 Å². The van der Waals surface area contributed by atoms with E-state index in [4.69, 9.17) is 23.8 Å². The number of H-pyrrole nitrogens is 1. The van der Waals surface area contributed by atoms with Crippen LogP contribution in [0.15, 0.2) is 48.5 Å². The number of benzene rings is 2. The first kappa shape index (κ1) is 14.0. The van der Waals surface area contributed by atoms with Gasteiger partial charge >= 0.3 is 0 Å². The standard InChI is InChI=1S/C15H11ClFN3S/c16-11-7-4-8-12(17)13(11)14-18-15(21)20(19-14)9-10-5-2-1-3-6-10/h1-8H,9H2,(H,18,19,21). The second kappa shape index (κ2) is 5.79. The first-order valence-electron chi connectivity index (χ1n) is 6.30. The van der Waals surface area contributed by atoms with Crippen LogP contribution in [0.2, 0.25) is 5.02 Å². The van der Waals surface area contributed by atoms with Crippen molar-refractivity contribution in [2.45, 2.75) is 6.54 Å². The lowest BCUT2D eigenvalue weighted by Gasteiger charge is -2.03. The third kappa shape index (κ3) is 2.89. The van der Waals surface area contributed by atoms with Crippen molar-refractivity contribution in [1.82, 2.24) is 14.8 Å². The Bertz CT molecular complexity index is 806. The number of halogens is 2. The fourth-order valence-electron chi connectivity index (χ4n) is 2.07. The Morgan fingerprint density at radius 1 is 1.14 bits per heavy atom. The molecule has 2 aromatic carbocycles. The van der Waals surface area contributed by atoms with Crippen LogP contribution in [-0.4, -0.2) is 14.8 Å². The minimum Gasteiger partial charge on any atom is -0.279 e. The number of rotatable bonds is 3. The maximum atomic E-state index is 13.9. The molecule has 0 bridgehead atoms. The van der Waals surface area contributed by atoms with Gasteiger partial charge in [-0.25, -0.2) is 4.39 Å². The van der Waals surface area contributed by atoms with Gasteiger partial charge in [0.15, 0.2) is 5.82 Å². The molecule has 0 unspecified atom stereocenters. The molecular formula is C15H11ClFN3S. The van der Waals surface area contributed by atoms with E-state index >= 15 is 0 Å². The maximum Gasteiger partial charge on any atom is 0.216 e. The summed E-state index contributed by atoms with van der Waals surface area (Å²) in [6.07, 6.45) is 0. The molecule has 0 amide bonds. The summed E-state index contributed by atoms with van der Waals surface area (Å²) in [5.74, 6) is -0.0999. The van der Waals surface area contributed by atoms with E-state index < -0.39 is 5.82 Å². The molecule has 0 aliphatic rings. The van der Waals surface area contributed by atoms with E-state index in [2.05, 4.69) is 10.1 Å². The molecular weight excluding hydrogens is 309 g/mol. The predicted molar refractivity (Wildman–Crippen MR) is 83.4 cm³/mol. The van der Waals surface area contributed by atoms with Crippen LogP contribution in [0.25, 0.3) is 11.4 Å². The van der Waals surface area contributed by atoms with Gasteiger partial charge in [-0.15, -0.1) is 0 Å². The van der Waals surface area contributed by atoms with Crippen LogP contribution in [0.5, 0.6) is 0 Å². The average molecular weight is 320 g/mol. The van der Waals surface area contributed by atoms with E-state index in [0.29, 0.717) is 22.2 Å². The fraction of sp³-hybridized carbons (Fsp3) is 0.0667. The van der Waals surface area contributed by atoms with E-state index in [9.17, 15) is 4.39 Å². The molecule has 1 heterocycles. The molecule has 3 nitrogen and oxygen atoms in total. The third-order valence-corrected chi connectivity index (χ3v) is 3.69. The Hall–Kier alpha value is -1.98. The number of aromatic nitrogens is 3. The Balaban J connectivity index is 2.01. The zero-order chi connectivity index (χ0) is 14.8. The molecule has 21 heavy (non-hydrogen) atoms. The summed E-state index contributed by atoms with van der Waals surface area (Å²) < 4.78 is 16.0. The van der Waals surface area contributed by atoms with E-state index in [1.165, 1.54) is 6.07 Å². The van der Waals surface area contributed by atoms with E-state index in [1.54, 1.807) is 16.8 Å². The molecule has 0 spiro atoms. The summed E-state index contributed by atoms with van der Waals surface area (Å²) >= 11 is 11.3. The monoisotopic (exact) mass is 319 g/mol. The Morgan fingerprint density at radius 3 is 2.62 bits per heavy atom. The first-order chi connectivity index (χ1) is 10.1. The molecule has 0 fully saturated rings. The summed E-state index contributed by atoms with van der Waals surface area (Å²) in [7, 11) is 0. The van der Waals surface area contributed by atoms with E-state index in [-0.39, 0.29) is 5.56 Å². The molecule has 0 radical (unpaired) electrons. The quantitative estimate of drug-likeness (QED) is 0.724. The van der Waals surface area contributed by atoms with E-state index in [0.717, 1.165) is 5.56 Å². The van der Waals surface area contributed by atoms with Crippen LogP contribution >= 0.6 is 23.8 Å². The van der Waals surface area contributed by atoms with Crippen molar-refractivity contribution in [3.05, 3.63) is 69.7 Å². The fourth-order valence-corrected chi connectivity index (χ4v) is 2.52. The number of aromatic amines is 1. The summed E-state index contributed by atoms with van der Waals surface area (Å²) in [6.45, 7) is 0.540. The predicted octanol–water partition coefficient (Wildman–Crippen LogP) is 4.45. The van der Waals surface area contributed by atoms with Gasteiger partial charge in [-0.05, 0) is 29.9 Å². The van der Waals surface area contributed by atoms with Crippen molar-refractivity contribution in [1.29, 1.82) is 0 Å². The summed E-state index contributed by atoms with van der Waals surface area (Å²) in [4.78, 5) is 4.20. The van der Waals surface area contributed by atoms with Crippen molar-refractivity contribution in [3.8, 4) is 11.4 Å². The van der Waals surface area contributed by atoms with Crippen LogP contribution in [0.1, 0.15) is 5.56 Å². The highest BCUT2D eigenvalue weighted by Gasteiger charge is 2.13. The molecule has 6 heteroatoms. The Kier molecular flexibility index (Phi) is 3.86. The topological polar surface area (TPSA) is 33.6 Å². The van der Waals surface area contributed by atoms with Crippen LogP contribution in [0.4, 0.5) is 4.39 Å². The highest BCUT2D eigenvalue weighted by atomic mass is 35.5. The molecule has 0 saturated carbocycles. The van der Waals surface area contributed by atoms with Crippen LogP contribution < -0.4 is 0 Å². The van der Waals surface area contributed by atoms with Gasteiger partial charge < -0.3 is 0 Å². The van der Waals surface area contributed by atoms with Crippen molar-refractivity contribution >= 4 is 23.8 Å². The Morgan fingerprint density at radius 2 is 1.90 bits per heavy atom. The van der Waals surface area contributed by atoms with Gasteiger partial charge in [0.1, 0.15) is 5.82 Å². The van der Waals surface area contributed by atoms with Crippen molar-refractivity contribution < 1.29 is 4.39 Å². The highest BCUT2D eigenvalue weighted by Crippen LogP contribution is 2.27. The largest absolute Gasteiger partial charge is 0.279 e. The SMILES string of the molecule is Fc1cccc(Cl)c1-c1nc(=S)n(Cc2ccccc2)[nH]1. The van der Waals surface area contributed by atoms with Gasteiger partial charge in [0.25, 0.3) is 0 Å². The lowest BCUT2D eigenvalue weighted by Crippen LogP contribution is -2.01. The smallest absolute Gasteiger partial charge is 0.216 e. The molecule has 0 aliphatic heterocycles. The maximum absolute atomic E-state index is 13.9. The highest BCUT2D eigenvalue weighted by molar-refractivity contribution is 7.71. The van der Waals surface area contributed by atoms with Gasteiger partial charge in [0.05, 0.1) is 17.1 Å². The first-order valence-corrected chi connectivity index (χ1v) is 7.09. The molecule has 3 rings (SSSR count). The van der Waals surface area contributed by atoms with Crippen LogP contribution in [-0.2, 0) is 6.54 Å². The molecule has 3 aromatic rings. The van der Waals surface area contributed by atoms with Gasteiger partial charge in [-0.2, -0.15) is 4.98 Å². The molecule has 106 valence electrons. The molecule has 0 aliphatic carbocycles. The van der Waals surface area contributed by atoms with Gasteiger partial charge in [0, 0.05) is 0 Å². The minimum absolute atomic E-state index is 0.233. The van der Waals surface area contributed by atoms with Crippen molar-refractivity contribution in [3.63, 3.8) is 0 Å². The van der Waals surface area contributed by atoms with Gasteiger partial charge in [-0.1, -0.05) is 48.0 Å². The number of hydrogen-bond acceptors (Lipinski definition) is 2. The molecule has 1 N–H and O–H groups in total. The average Bonchev–Trinajstić information content (AvgIpc) is 2.81. The second-order valence-corrected chi connectivity index (χ2v) is 5.30. The van der Waals surface area contributed by atoms with Gasteiger partial charge in [0.2, 0.25) is 4.77 Å². The van der Waals surface area contributed by atoms with Crippen LogP contribution in [0.3, 0.4) is 0 Å². The second-order valence-electron chi connectivity index (χ2n) is 4.52. The lowest BCUT2D eigenvalue weighted by atomic mass is 10.2. The Labute approximate surface area is 131 Å². The number of nitrogens with one attached hydrogen (secondary N) is 1. The number of hydrogen-bond donors (Lipinski definition) is 1. The van der Waals surface area contributed by atoms with Crippen molar-refractivity contribution in [2.75, 3.05) is 0 Å². The summed E-state index contributed by atoms with van der Waals surface area (Å²) in [5.41, 5.74) is 1.31. The summed E-state index contributed by atoms with van der Waals surface area (Å²) in [5, 5.41) is 3.30. The molecule has 1 aromatic heterocycles. The molecule has 0 atom stereocenters. The normalized spacial score (nSPS) is 10.8. The minimum atomic E-state index is -0.432. The summed E-state index contributed by atoms with van der Waals surface area (Å²) in [6, 6.07) is 14.3. The van der Waals surface area contributed by atoms with E-state index in [1.807, 2.05) is 30.3 Å². The molecule has 0 saturated heterocycles. The number of nitrogens with zero attached hydrogens (tertiary/aromatic N) is 2. The zero-order valence-electron chi connectivity index (χ0n) is 10.9. The zero-order valence-corrected chi connectivity index (χ0v) is 12.5. The van der Waals surface area contributed by atoms with Crippen LogP contribution in [0, 0.1) is 10.6 Å². The van der Waals surface area contributed by atoms with Crippen molar-refractivity contribution in [2.24, 2.45) is 0 Å². The third-order valence-electron chi connectivity index (χ3n) is 3.06. The lowest BCUT2D eigenvalue weighted by molar-refractivity contribution is 0.628.